The Kier molecular flexibility index (Phi) is 5.61. The van der Waals surface area contributed by atoms with Crippen molar-refractivity contribution in [3.05, 3.63) is 33.8 Å². The molecule has 0 aliphatic rings. The topological polar surface area (TPSA) is 57.5 Å². The van der Waals surface area contributed by atoms with Gasteiger partial charge < -0.3 is 10.2 Å². The molecule has 0 fully saturated rings. The first-order chi connectivity index (χ1) is 9.10. The van der Waals surface area contributed by atoms with Gasteiger partial charge in [0.15, 0.2) is 0 Å². The van der Waals surface area contributed by atoms with Crippen LogP contribution < -0.4 is 0 Å². The lowest BCUT2D eigenvalue weighted by atomic mass is 9.76. The monoisotopic (exact) mass is 318 g/mol. The first-order valence-electron chi connectivity index (χ1n) is 6.46. The Hall–Kier alpha value is -0.610. The van der Waals surface area contributed by atoms with E-state index in [1.165, 1.54) is 6.92 Å². The molecule has 1 aromatic rings. The summed E-state index contributed by atoms with van der Waals surface area (Å²) in [6, 6.07) is 4.94. The highest BCUT2D eigenvalue weighted by Gasteiger charge is 2.40. The summed E-state index contributed by atoms with van der Waals surface area (Å²) < 4.78 is 0. The number of aliphatic hydroxyl groups is 2. The van der Waals surface area contributed by atoms with Crippen LogP contribution >= 0.6 is 23.2 Å². The third kappa shape index (κ3) is 3.34. The average molecular weight is 319 g/mol. The molecule has 0 aliphatic carbocycles. The molecule has 0 saturated carbocycles. The van der Waals surface area contributed by atoms with E-state index in [9.17, 15) is 15.0 Å². The summed E-state index contributed by atoms with van der Waals surface area (Å²) in [5.41, 5.74) is -1.08. The zero-order valence-electron chi connectivity index (χ0n) is 12.0. The number of hydrogen-bond acceptors (Lipinski definition) is 3. The van der Waals surface area contributed by atoms with Gasteiger partial charge in [-0.05, 0) is 26.0 Å². The van der Waals surface area contributed by atoms with E-state index in [4.69, 9.17) is 23.2 Å². The van der Waals surface area contributed by atoms with Gasteiger partial charge in [0.2, 0.25) is 0 Å². The highest BCUT2D eigenvalue weighted by atomic mass is 35.5. The van der Waals surface area contributed by atoms with E-state index in [-0.39, 0.29) is 5.78 Å². The van der Waals surface area contributed by atoms with Gasteiger partial charge in [0, 0.05) is 27.4 Å². The maximum Gasteiger partial charge on any atom is 0.135 e. The maximum atomic E-state index is 11.4. The van der Waals surface area contributed by atoms with Gasteiger partial charge in [-0.1, -0.05) is 43.1 Å². The lowest BCUT2D eigenvalue weighted by Crippen LogP contribution is -2.42. The van der Waals surface area contributed by atoms with Crippen LogP contribution in [0.25, 0.3) is 0 Å². The van der Waals surface area contributed by atoms with Crippen molar-refractivity contribution < 1.29 is 15.0 Å². The third-order valence-electron chi connectivity index (χ3n) is 4.02. The Bertz CT molecular complexity index is 480. The van der Waals surface area contributed by atoms with Gasteiger partial charge in [-0.15, -0.1) is 0 Å². The molecule has 20 heavy (non-hydrogen) atoms. The zero-order chi connectivity index (χ0) is 15.7. The Morgan fingerprint density at radius 1 is 1.25 bits per heavy atom. The van der Waals surface area contributed by atoms with Gasteiger partial charge in [-0.25, -0.2) is 0 Å². The number of benzene rings is 1. The summed E-state index contributed by atoms with van der Waals surface area (Å²) in [7, 11) is 0. The molecule has 0 spiro atoms. The van der Waals surface area contributed by atoms with Gasteiger partial charge in [-0.3, -0.25) is 4.79 Å². The number of rotatable bonds is 5. The number of Topliss-reactive ketones (excluding diaryl/α,β-unsaturated/α-hetero) is 1. The van der Waals surface area contributed by atoms with Crippen LogP contribution in [0.5, 0.6) is 0 Å². The van der Waals surface area contributed by atoms with Crippen molar-refractivity contribution in [2.45, 2.75) is 39.4 Å². The van der Waals surface area contributed by atoms with Crippen LogP contribution in [-0.2, 0) is 10.4 Å². The van der Waals surface area contributed by atoms with Gasteiger partial charge in [0.1, 0.15) is 5.78 Å². The molecule has 0 aromatic heterocycles. The van der Waals surface area contributed by atoms with Crippen molar-refractivity contribution in [3.8, 4) is 0 Å². The molecular weight excluding hydrogens is 299 g/mol. The van der Waals surface area contributed by atoms with Crippen molar-refractivity contribution >= 4 is 29.0 Å². The van der Waals surface area contributed by atoms with Gasteiger partial charge >= 0.3 is 0 Å². The molecule has 0 aliphatic heterocycles. The molecule has 2 N–H and O–H groups in total. The molecule has 5 heteroatoms. The van der Waals surface area contributed by atoms with Crippen LogP contribution in [0.3, 0.4) is 0 Å². The van der Waals surface area contributed by atoms with E-state index in [0.29, 0.717) is 15.6 Å². The van der Waals surface area contributed by atoms with Crippen LogP contribution in [0.4, 0.5) is 0 Å². The quantitative estimate of drug-likeness (QED) is 0.874. The summed E-state index contributed by atoms with van der Waals surface area (Å²) in [6.45, 7) is 6.26. The fraction of sp³-hybridized carbons (Fsp3) is 0.533. The summed E-state index contributed by atoms with van der Waals surface area (Å²) in [6.07, 6.45) is -0.991. The second-order valence-electron chi connectivity index (χ2n) is 5.42. The number of ketones is 1. The molecule has 1 rings (SSSR count). The van der Waals surface area contributed by atoms with Crippen molar-refractivity contribution in [2.24, 2.45) is 11.8 Å². The van der Waals surface area contributed by atoms with Crippen molar-refractivity contribution in [1.29, 1.82) is 0 Å². The van der Waals surface area contributed by atoms with Crippen LogP contribution in [0.2, 0.25) is 10.0 Å². The van der Waals surface area contributed by atoms with Crippen molar-refractivity contribution in [3.63, 3.8) is 0 Å². The first kappa shape index (κ1) is 17.4. The molecule has 0 saturated heterocycles. The third-order valence-corrected chi connectivity index (χ3v) is 4.65. The van der Waals surface area contributed by atoms with E-state index >= 15 is 0 Å². The molecule has 112 valence electrons. The van der Waals surface area contributed by atoms with Crippen LogP contribution in [0.1, 0.15) is 33.3 Å². The summed E-state index contributed by atoms with van der Waals surface area (Å²) in [5.74, 6) is -1.32. The normalized spacial score (nSPS) is 19.0. The van der Waals surface area contributed by atoms with E-state index in [1.807, 2.05) is 0 Å². The lowest BCUT2D eigenvalue weighted by molar-refractivity contribution is -0.129. The van der Waals surface area contributed by atoms with Crippen LogP contribution in [-0.4, -0.2) is 22.1 Å². The summed E-state index contributed by atoms with van der Waals surface area (Å²) in [5, 5.41) is 21.7. The van der Waals surface area contributed by atoms with Gasteiger partial charge in [0.25, 0.3) is 0 Å². The Morgan fingerprint density at radius 2 is 1.70 bits per heavy atom. The predicted octanol–water partition coefficient (Wildman–Crippen LogP) is 3.42. The fourth-order valence-corrected chi connectivity index (χ4v) is 3.00. The number of hydrogen-bond donors (Lipinski definition) is 2. The smallest absolute Gasteiger partial charge is 0.135 e. The van der Waals surface area contributed by atoms with Crippen LogP contribution in [0, 0.1) is 11.8 Å². The molecule has 0 heterocycles. The SMILES string of the molecule is CC(=O)C(C)C(O)[C@@H](C)[C@](C)(O)c1c(Cl)cccc1Cl. The zero-order valence-corrected chi connectivity index (χ0v) is 13.5. The molecule has 4 atom stereocenters. The van der Waals surface area contributed by atoms with Crippen LogP contribution in [0.15, 0.2) is 18.2 Å². The largest absolute Gasteiger partial charge is 0.392 e. The minimum absolute atomic E-state index is 0.134. The maximum absolute atomic E-state index is 11.4. The summed E-state index contributed by atoms with van der Waals surface area (Å²) >= 11 is 12.2. The predicted molar refractivity (Wildman–Crippen MR) is 81.0 cm³/mol. The second kappa shape index (κ2) is 6.44. The molecule has 2 unspecified atom stereocenters. The van der Waals surface area contributed by atoms with E-state index < -0.39 is 23.5 Å². The summed E-state index contributed by atoms with van der Waals surface area (Å²) in [4.78, 5) is 11.4. The van der Waals surface area contributed by atoms with Crippen molar-refractivity contribution in [1.82, 2.24) is 0 Å². The van der Waals surface area contributed by atoms with E-state index in [2.05, 4.69) is 0 Å². The minimum Gasteiger partial charge on any atom is -0.392 e. The Balaban J connectivity index is 3.19. The molecule has 0 amide bonds. The average Bonchev–Trinajstić information content (AvgIpc) is 2.35. The lowest BCUT2D eigenvalue weighted by Gasteiger charge is -2.36. The number of halogens is 2. The fourth-order valence-electron chi connectivity index (χ4n) is 2.22. The van der Waals surface area contributed by atoms with E-state index in [0.717, 1.165) is 0 Å². The number of carbonyl (C=O) groups excluding carboxylic acids is 1. The molecular formula is C15H20Cl2O3. The van der Waals surface area contributed by atoms with Gasteiger partial charge in [0.05, 0.1) is 11.7 Å². The van der Waals surface area contributed by atoms with Crippen molar-refractivity contribution in [2.75, 3.05) is 0 Å². The number of aliphatic hydroxyl groups excluding tert-OH is 1. The first-order valence-corrected chi connectivity index (χ1v) is 7.21. The van der Waals surface area contributed by atoms with E-state index in [1.54, 1.807) is 39.0 Å². The minimum atomic E-state index is -1.45. The highest BCUT2D eigenvalue weighted by molar-refractivity contribution is 6.36. The molecule has 0 bridgehead atoms. The van der Waals surface area contributed by atoms with Gasteiger partial charge in [-0.2, -0.15) is 0 Å². The molecule has 3 nitrogen and oxygen atoms in total. The molecule has 1 aromatic carbocycles. The highest BCUT2D eigenvalue weighted by Crippen LogP contribution is 2.41. The standard InChI is InChI=1S/C15H20Cl2O3/c1-8(10(3)18)14(19)9(2)15(4,20)13-11(16)6-5-7-12(13)17/h5-9,14,19-20H,1-4H3/t8?,9-,14?,15+/m1/s1. The Morgan fingerprint density at radius 3 is 2.10 bits per heavy atom. The second-order valence-corrected chi connectivity index (χ2v) is 6.24. The Labute approximate surface area is 129 Å². The number of carbonyl (C=O) groups is 1. The molecule has 0 radical (unpaired) electrons.